The number of hydrogen-bond acceptors (Lipinski definition) is 3. The van der Waals surface area contributed by atoms with Crippen LogP contribution in [-0.4, -0.2) is 42.6 Å². The summed E-state index contributed by atoms with van der Waals surface area (Å²) in [4.78, 5) is 15.0. The molecule has 4 nitrogen and oxygen atoms in total. The summed E-state index contributed by atoms with van der Waals surface area (Å²) >= 11 is 0. The molecule has 0 spiro atoms. The minimum absolute atomic E-state index is 0.0283. The number of carbonyl (C=O) groups is 1. The van der Waals surface area contributed by atoms with E-state index in [-0.39, 0.29) is 5.91 Å². The highest BCUT2D eigenvalue weighted by molar-refractivity contribution is 5.97. The summed E-state index contributed by atoms with van der Waals surface area (Å²) in [6, 6.07) is 14.1. The van der Waals surface area contributed by atoms with Crippen LogP contribution in [0.25, 0.3) is 11.1 Å². The highest BCUT2D eigenvalue weighted by atomic mass is 16.3. The first-order valence-electron chi connectivity index (χ1n) is 8.92. The van der Waals surface area contributed by atoms with Gasteiger partial charge in [-0.1, -0.05) is 30.3 Å². The van der Waals surface area contributed by atoms with Gasteiger partial charge >= 0.3 is 0 Å². The van der Waals surface area contributed by atoms with Crippen LogP contribution in [-0.2, 0) is 0 Å². The van der Waals surface area contributed by atoms with E-state index in [4.69, 9.17) is 0 Å². The van der Waals surface area contributed by atoms with Crippen molar-refractivity contribution in [2.24, 2.45) is 5.92 Å². The van der Waals surface area contributed by atoms with E-state index in [0.717, 1.165) is 41.9 Å². The number of rotatable bonds is 2. The number of aliphatic hydroxyl groups is 1. The summed E-state index contributed by atoms with van der Waals surface area (Å²) in [5.74, 6) is 0.928. The predicted molar refractivity (Wildman–Crippen MR) is 98.6 cm³/mol. The van der Waals surface area contributed by atoms with Gasteiger partial charge in [-0.2, -0.15) is 0 Å². The fourth-order valence-corrected chi connectivity index (χ4v) is 4.20. The molecule has 1 fully saturated rings. The highest BCUT2D eigenvalue weighted by Gasteiger charge is 2.36. The number of hydrogen-bond donors (Lipinski definition) is 2. The quantitative estimate of drug-likeness (QED) is 0.887. The molecule has 2 aromatic carbocycles. The van der Waals surface area contributed by atoms with Gasteiger partial charge in [0, 0.05) is 31.1 Å². The topological polar surface area (TPSA) is 52.6 Å². The van der Waals surface area contributed by atoms with Crippen molar-refractivity contribution in [1.82, 2.24) is 10.2 Å². The Kier molecular flexibility index (Phi) is 4.10. The number of amides is 1. The average molecular weight is 336 g/mol. The molecular formula is C21H24N2O2. The molecule has 0 aromatic heterocycles. The van der Waals surface area contributed by atoms with Crippen LogP contribution in [0, 0.1) is 5.92 Å². The van der Waals surface area contributed by atoms with Crippen LogP contribution in [0.3, 0.4) is 0 Å². The first kappa shape index (κ1) is 16.3. The Morgan fingerprint density at radius 2 is 1.96 bits per heavy atom. The van der Waals surface area contributed by atoms with Crippen molar-refractivity contribution in [1.29, 1.82) is 0 Å². The zero-order valence-corrected chi connectivity index (χ0v) is 14.7. The normalized spacial score (nSPS) is 24.2. The van der Waals surface area contributed by atoms with E-state index in [1.54, 1.807) is 6.92 Å². The third-order valence-corrected chi connectivity index (χ3v) is 5.55. The SMILES string of the molecule is CC(O)c1cccc(-c2ccc3c(c2)C(=O)NC[C@H]2CN(C)C[C@H]32)c1. The molecule has 0 bridgehead atoms. The molecule has 2 N–H and O–H groups in total. The number of aliphatic hydroxyl groups excluding tert-OH is 1. The lowest BCUT2D eigenvalue weighted by Crippen LogP contribution is -2.29. The summed E-state index contributed by atoms with van der Waals surface area (Å²) in [5.41, 5.74) is 4.89. The first-order valence-corrected chi connectivity index (χ1v) is 8.92. The number of fused-ring (bicyclic) bond motifs is 3. The van der Waals surface area contributed by atoms with Crippen LogP contribution in [0.15, 0.2) is 42.5 Å². The Morgan fingerprint density at radius 1 is 1.16 bits per heavy atom. The molecule has 2 aromatic rings. The number of likely N-dealkylation sites (N-methyl/N-ethyl adjacent to an activating group) is 1. The highest BCUT2D eigenvalue weighted by Crippen LogP contribution is 2.37. The molecule has 3 atom stereocenters. The summed E-state index contributed by atoms with van der Waals surface area (Å²) in [6.07, 6.45) is -0.501. The maximum absolute atomic E-state index is 12.6. The molecule has 2 heterocycles. The summed E-state index contributed by atoms with van der Waals surface area (Å²) in [6.45, 7) is 4.54. The lowest BCUT2D eigenvalue weighted by molar-refractivity contribution is 0.0951. The van der Waals surface area contributed by atoms with Gasteiger partial charge in [0.2, 0.25) is 0 Å². The molecular weight excluding hydrogens is 312 g/mol. The second-order valence-corrected chi connectivity index (χ2v) is 7.40. The summed E-state index contributed by atoms with van der Waals surface area (Å²) in [5, 5.41) is 12.9. The lowest BCUT2D eigenvalue weighted by atomic mass is 9.86. The molecule has 25 heavy (non-hydrogen) atoms. The second-order valence-electron chi connectivity index (χ2n) is 7.40. The Labute approximate surface area is 148 Å². The fourth-order valence-electron chi connectivity index (χ4n) is 4.20. The number of benzene rings is 2. The molecule has 2 aliphatic heterocycles. The molecule has 2 aliphatic rings. The maximum Gasteiger partial charge on any atom is 0.251 e. The number of nitrogens with one attached hydrogen (secondary N) is 1. The minimum Gasteiger partial charge on any atom is -0.389 e. The van der Waals surface area contributed by atoms with E-state index in [1.807, 2.05) is 30.3 Å². The standard InChI is InChI=1S/C21H24N2O2/c1-13(24)14-4-3-5-15(8-14)16-6-7-18-19(9-16)21(25)22-10-17-11-23(2)12-20(17)18/h3-9,13,17,20,24H,10-12H2,1-2H3,(H,22,25)/t13?,17-,20-/m0/s1. The second kappa shape index (κ2) is 6.28. The summed E-state index contributed by atoms with van der Waals surface area (Å²) < 4.78 is 0. The van der Waals surface area contributed by atoms with Crippen molar-refractivity contribution in [3.8, 4) is 11.1 Å². The van der Waals surface area contributed by atoms with Gasteiger partial charge in [0.15, 0.2) is 0 Å². The van der Waals surface area contributed by atoms with E-state index in [0.29, 0.717) is 11.8 Å². The number of carbonyl (C=O) groups excluding carboxylic acids is 1. The molecule has 0 aliphatic carbocycles. The van der Waals surface area contributed by atoms with Gasteiger partial charge in [-0.25, -0.2) is 0 Å². The van der Waals surface area contributed by atoms with Crippen molar-refractivity contribution in [3.05, 3.63) is 59.2 Å². The number of nitrogens with zero attached hydrogens (tertiary/aromatic N) is 1. The van der Waals surface area contributed by atoms with Gasteiger partial charge in [-0.05, 0) is 54.3 Å². The molecule has 0 saturated carbocycles. The average Bonchev–Trinajstić information content (AvgIpc) is 2.94. The Bertz CT molecular complexity index is 815. The van der Waals surface area contributed by atoms with Gasteiger partial charge in [-0.3, -0.25) is 4.79 Å². The van der Waals surface area contributed by atoms with Gasteiger partial charge in [0.05, 0.1) is 6.10 Å². The van der Waals surface area contributed by atoms with Crippen LogP contribution < -0.4 is 5.32 Å². The van der Waals surface area contributed by atoms with E-state index >= 15 is 0 Å². The third-order valence-electron chi connectivity index (χ3n) is 5.55. The van der Waals surface area contributed by atoms with Crippen molar-refractivity contribution in [3.63, 3.8) is 0 Å². The van der Waals surface area contributed by atoms with E-state index in [9.17, 15) is 9.90 Å². The van der Waals surface area contributed by atoms with Crippen LogP contribution in [0.1, 0.15) is 40.4 Å². The Morgan fingerprint density at radius 3 is 2.76 bits per heavy atom. The third kappa shape index (κ3) is 2.96. The largest absolute Gasteiger partial charge is 0.389 e. The Balaban J connectivity index is 1.77. The van der Waals surface area contributed by atoms with Crippen molar-refractivity contribution < 1.29 is 9.90 Å². The molecule has 0 radical (unpaired) electrons. The zero-order chi connectivity index (χ0) is 17.6. The molecule has 1 amide bonds. The summed E-state index contributed by atoms with van der Waals surface area (Å²) in [7, 11) is 2.14. The first-order chi connectivity index (χ1) is 12.0. The molecule has 4 heteroatoms. The van der Waals surface area contributed by atoms with Crippen molar-refractivity contribution >= 4 is 5.91 Å². The van der Waals surface area contributed by atoms with Crippen LogP contribution in [0.5, 0.6) is 0 Å². The van der Waals surface area contributed by atoms with Gasteiger partial charge in [-0.15, -0.1) is 0 Å². The number of likely N-dealkylation sites (tertiary alicyclic amines) is 1. The molecule has 1 unspecified atom stereocenters. The lowest BCUT2D eigenvalue weighted by Gasteiger charge is -2.17. The smallest absolute Gasteiger partial charge is 0.251 e. The molecule has 1 saturated heterocycles. The maximum atomic E-state index is 12.6. The van der Waals surface area contributed by atoms with E-state index in [1.165, 1.54) is 5.56 Å². The molecule has 4 rings (SSSR count). The molecule has 130 valence electrons. The zero-order valence-electron chi connectivity index (χ0n) is 14.7. The predicted octanol–water partition coefficient (Wildman–Crippen LogP) is 2.80. The van der Waals surface area contributed by atoms with Gasteiger partial charge < -0.3 is 15.3 Å². The Hall–Kier alpha value is -2.17. The van der Waals surface area contributed by atoms with Crippen LogP contribution in [0.4, 0.5) is 0 Å². The monoisotopic (exact) mass is 336 g/mol. The van der Waals surface area contributed by atoms with E-state index < -0.39 is 6.10 Å². The fraction of sp³-hybridized carbons (Fsp3) is 0.381. The van der Waals surface area contributed by atoms with Crippen LogP contribution >= 0.6 is 0 Å². The van der Waals surface area contributed by atoms with Gasteiger partial charge in [0.1, 0.15) is 0 Å². The van der Waals surface area contributed by atoms with Crippen molar-refractivity contribution in [2.75, 3.05) is 26.7 Å². The van der Waals surface area contributed by atoms with Crippen molar-refractivity contribution in [2.45, 2.75) is 18.9 Å². The van der Waals surface area contributed by atoms with Gasteiger partial charge in [0.25, 0.3) is 5.91 Å². The van der Waals surface area contributed by atoms with Crippen LogP contribution in [0.2, 0.25) is 0 Å². The minimum atomic E-state index is -0.501. The van der Waals surface area contributed by atoms with E-state index in [2.05, 4.69) is 29.4 Å².